The van der Waals surface area contributed by atoms with E-state index in [0.29, 0.717) is 6.04 Å². The van der Waals surface area contributed by atoms with Crippen LogP contribution in [0.4, 0.5) is 0 Å². The van der Waals surface area contributed by atoms with Gasteiger partial charge in [-0.25, -0.2) is 0 Å². The Labute approximate surface area is 111 Å². The van der Waals surface area contributed by atoms with Crippen molar-refractivity contribution in [1.82, 2.24) is 5.32 Å². The second-order valence-corrected chi connectivity index (χ2v) is 6.53. The molecule has 3 rings (SSSR count). The number of methoxy groups -OCH3 is 1. The quantitative estimate of drug-likeness (QED) is 0.835. The average Bonchev–Trinajstić information content (AvgIpc) is 2.32. The van der Waals surface area contributed by atoms with Crippen LogP contribution in [0, 0.1) is 5.92 Å². The smallest absolute Gasteiger partial charge is 0.0833 e. The standard InChI is InChI=1S/C15H27NO2/c1-16-13(15(17-2)8-4-9-15)12-5-10-18-14(11-12)6-3-7-14/h12-13,16H,3-11H2,1-2H3. The molecule has 104 valence electrons. The van der Waals surface area contributed by atoms with Crippen LogP contribution in [-0.4, -0.2) is 38.0 Å². The molecule has 3 heteroatoms. The Morgan fingerprint density at radius 1 is 1.22 bits per heavy atom. The number of hydrogen-bond acceptors (Lipinski definition) is 3. The summed E-state index contributed by atoms with van der Waals surface area (Å²) in [6.07, 6.45) is 10.1. The first-order valence-electron chi connectivity index (χ1n) is 7.60. The van der Waals surface area contributed by atoms with Crippen LogP contribution in [0.3, 0.4) is 0 Å². The SMILES string of the molecule is CNC(C1CCOC2(CCC2)C1)C1(OC)CCC1. The van der Waals surface area contributed by atoms with Gasteiger partial charge >= 0.3 is 0 Å². The molecule has 0 aromatic carbocycles. The lowest BCUT2D eigenvalue weighted by Gasteiger charge is -2.54. The molecular weight excluding hydrogens is 226 g/mol. The van der Waals surface area contributed by atoms with E-state index in [-0.39, 0.29) is 11.2 Å². The van der Waals surface area contributed by atoms with E-state index in [2.05, 4.69) is 12.4 Å². The fourth-order valence-electron chi connectivity index (χ4n) is 4.37. The largest absolute Gasteiger partial charge is 0.377 e. The van der Waals surface area contributed by atoms with Crippen molar-refractivity contribution in [3.05, 3.63) is 0 Å². The Kier molecular flexibility index (Phi) is 3.41. The predicted molar refractivity (Wildman–Crippen MR) is 71.7 cm³/mol. The van der Waals surface area contributed by atoms with Gasteiger partial charge in [-0.1, -0.05) is 0 Å². The lowest BCUT2D eigenvalue weighted by Crippen LogP contribution is -2.61. The van der Waals surface area contributed by atoms with E-state index in [4.69, 9.17) is 9.47 Å². The van der Waals surface area contributed by atoms with Gasteiger partial charge in [0.15, 0.2) is 0 Å². The molecule has 1 N–H and O–H groups in total. The number of rotatable bonds is 4. The maximum absolute atomic E-state index is 6.06. The molecule has 0 aromatic rings. The number of likely N-dealkylation sites (N-methyl/N-ethyl adjacent to an activating group) is 1. The van der Waals surface area contributed by atoms with Gasteiger partial charge in [0.1, 0.15) is 0 Å². The first-order chi connectivity index (χ1) is 8.74. The van der Waals surface area contributed by atoms with Crippen molar-refractivity contribution in [2.24, 2.45) is 5.92 Å². The third-order valence-electron chi connectivity index (χ3n) is 5.75. The van der Waals surface area contributed by atoms with Gasteiger partial charge in [-0.05, 0) is 64.3 Å². The number of ether oxygens (including phenoxy) is 2. The molecule has 0 radical (unpaired) electrons. The second-order valence-electron chi connectivity index (χ2n) is 6.53. The van der Waals surface area contributed by atoms with Gasteiger partial charge in [-0.15, -0.1) is 0 Å². The normalized spacial score (nSPS) is 34.7. The second kappa shape index (κ2) is 4.77. The van der Waals surface area contributed by atoms with Gasteiger partial charge in [0.25, 0.3) is 0 Å². The van der Waals surface area contributed by atoms with Crippen LogP contribution >= 0.6 is 0 Å². The van der Waals surface area contributed by atoms with Gasteiger partial charge in [-0.3, -0.25) is 0 Å². The van der Waals surface area contributed by atoms with Crippen molar-refractivity contribution in [2.45, 2.75) is 68.6 Å². The zero-order valence-corrected chi connectivity index (χ0v) is 11.8. The molecule has 3 nitrogen and oxygen atoms in total. The Bertz CT molecular complexity index is 291. The van der Waals surface area contributed by atoms with E-state index in [9.17, 15) is 0 Å². The molecule has 0 aromatic heterocycles. The lowest BCUT2D eigenvalue weighted by atomic mass is 9.64. The van der Waals surface area contributed by atoms with E-state index in [0.717, 1.165) is 12.5 Å². The summed E-state index contributed by atoms with van der Waals surface area (Å²) in [5, 5.41) is 3.57. The summed E-state index contributed by atoms with van der Waals surface area (Å²) in [5.41, 5.74) is 0.360. The Morgan fingerprint density at radius 2 is 1.94 bits per heavy atom. The molecule has 1 heterocycles. The van der Waals surface area contributed by atoms with Crippen LogP contribution in [0.5, 0.6) is 0 Å². The van der Waals surface area contributed by atoms with E-state index in [1.165, 1.54) is 51.4 Å². The number of hydrogen-bond donors (Lipinski definition) is 1. The summed E-state index contributed by atoms with van der Waals surface area (Å²) in [6, 6.07) is 0.512. The third-order valence-corrected chi connectivity index (χ3v) is 5.75. The van der Waals surface area contributed by atoms with Crippen molar-refractivity contribution in [3.63, 3.8) is 0 Å². The number of nitrogens with one attached hydrogen (secondary N) is 1. The van der Waals surface area contributed by atoms with Gasteiger partial charge in [-0.2, -0.15) is 0 Å². The van der Waals surface area contributed by atoms with Gasteiger partial charge in [0, 0.05) is 19.8 Å². The van der Waals surface area contributed by atoms with Gasteiger partial charge in [0.05, 0.1) is 11.2 Å². The highest BCUT2D eigenvalue weighted by Gasteiger charge is 2.51. The Balaban J connectivity index is 1.71. The molecule has 1 saturated heterocycles. The molecule has 2 unspecified atom stereocenters. The van der Waals surface area contributed by atoms with Crippen LogP contribution in [0.25, 0.3) is 0 Å². The van der Waals surface area contributed by atoms with Crippen LogP contribution in [0.15, 0.2) is 0 Å². The Morgan fingerprint density at radius 3 is 2.39 bits per heavy atom. The third kappa shape index (κ3) is 1.91. The Hall–Kier alpha value is -0.120. The maximum atomic E-state index is 6.06. The summed E-state index contributed by atoms with van der Waals surface area (Å²) in [6.45, 7) is 0.947. The zero-order valence-electron chi connectivity index (χ0n) is 11.8. The van der Waals surface area contributed by atoms with Crippen molar-refractivity contribution >= 4 is 0 Å². The summed E-state index contributed by atoms with van der Waals surface area (Å²) < 4.78 is 12.0. The van der Waals surface area contributed by atoms with E-state index in [1.807, 2.05) is 7.11 Å². The highest BCUT2D eigenvalue weighted by molar-refractivity contribution is 5.05. The van der Waals surface area contributed by atoms with Crippen molar-refractivity contribution in [3.8, 4) is 0 Å². The van der Waals surface area contributed by atoms with Crippen LogP contribution in [0.2, 0.25) is 0 Å². The van der Waals surface area contributed by atoms with Crippen molar-refractivity contribution < 1.29 is 9.47 Å². The maximum Gasteiger partial charge on any atom is 0.0833 e. The van der Waals surface area contributed by atoms with Crippen LogP contribution < -0.4 is 5.32 Å². The minimum atomic E-state index is 0.113. The van der Waals surface area contributed by atoms with Gasteiger partial charge < -0.3 is 14.8 Å². The van der Waals surface area contributed by atoms with Crippen LogP contribution in [-0.2, 0) is 9.47 Å². The molecule has 0 bridgehead atoms. The van der Waals surface area contributed by atoms with Crippen molar-refractivity contribution in [2.75, 3.05) is 20.8 Å². The molecule has 18 heavy (non-hydrogen) atoms. The van der Waals surface area contributed by atoms with Crippen molar-refractivity contribution in [1.29, 1.82) is 0 Å². The van der Waals surface area contributed by atoms with Crippen LogP contribution in [0.1, 0.15) is 51.4 Å². The van der Waals surface area contributed by atoms with Gasteiger partial charge in [0.2, 0.25) is 0 Å². The van der Waals surface area contributed by atoms with E-state index < -0.39 is 0 Å². The molecule has 1 aliphatic heterocycles. The minimum absolute atomic E-state index is 0.113. The van der Waals surface area contributed by atoms with E-state index in [1.54, 1.807) is 0 Å². The summed E-state index contributed by atoms with van der Waals surface area (Å²) in [5.74, 6) is 0.726. The van der Waals surface area contributed by atoms with E-state index >= 15 is 0 Å². The molecule has 2 saturated carbocycles. The summed E-state index contributed by atoms with van der Waals surface area (Å²) in [7, 11) is 3.99. The fourth-order valence-corrected chi connectivity index (χ4v) is 4.37. The molecule has 0 amide bonds. The predicted octanol–water partition coefficient (Wildman–Crippen LogP) is 2.49. The first kappa shape index (κ1) is 12.9. The average molecular weight is 253 g/mol. The summed E-state index contributed by atoms with van der Waals surface area (Å²) in [4.78, 5) is 0. The highest BCUT2D eigenvalue weighted by Crippen LogP contribution is 2.49. The highest BCUT2D eigenvalue weighted by atomic mass is 16.5. The summed E-state index contributed by atoms with van der Waals surface area (Å²) >= 11 is 0. The monoisotopic (exact) mass is 253 g/mol. The lowest BCUT2D eigenvalue weighted by molar-refractivity contribution is -0.171. The molecule has 3 aliphatic rings. The fraction of sp³-hybridized carbons (Fsp3) is 1.00. The molecule has 2 aliphatic carbocycles. The first-order valence-corrected chi connectivity index (χ1v) is 7.60. The molecule has 2 atom stereocenters. The molecular formula is C15H27NO2. The molecule has 3 fully saturated rings. The topological polar surface area (TPSA) is 30.5 Å². The minimum Gasteiger partial charge on any atom is -0.377 e. The molecule has 1 spiro atoms. The zero-order chi connectivity index (χ0) is 12.6.